The van der Waals surface area contributed by atoms with E-state index >= 15 is 0 Å². The molecule has 3 heteroatoms. The highest BCUT2D eigenvalue weighted by atomic mass is 19.1. The number of rotatable bonds is 8. The molecular formula is C17H23FN2. The van der Waals surface area contributed by atoms with Crippen molar-refractivity contribution in [2.45, 2.75) is 39.7 Å². The van der Waals surface area contributed by atoms with E-state index in [1.807, 2.05) is 13.0 Å². The molecule has 0 radical (unpaired) electrons. The van der Waals surface area contributed by atoms with Gasteiger partial charge < -0.3 is 10.7 Å². The highest BCUT2D eigenvalue weighted by molar-refractivity contribution is 6.05. The van der Waals surface area contributed by atoms with Gasteiger partial charge >= 0.3 is 0 Å². The molecule has 0 saturated carbocycles. The molecule has 0 aliphatic rings. The van der Waals surface area contributed by atoms with Crippen LogP contribution in [0.5, 0.6) is 0 Å². The fourth-order valence-corrected chi connectivity index (χ4v) is 1.84. The summed E-state index contributed by atoms with van der Waals surface area (Å²) in [6.45, 7) is 8.42. The molecule has 1 aromatic carbocycles. The summed E-state index contributed by atoms with van der Waals surface area (Å²) in [5, 5.41) is 11.2. The van der Waals surface area contributed by atoms with Gasteiger partial charge in [-0.3, -0.25) is 0 Å². The zero-order valence-electron chi connectivity index (χ0n) is 12.3. The van der Waals surface area contributed by atoms with Crippen LogP contribution in [0.4, 0.5) is 4.39 Å². The summed E-state index contributed by atoms with van der Waals surface area (Å²) < 4.78 is 13.5. The number of nitrogens with one attached hydrogen (secondary N) is 2. The molecule has 108 valence electrons. The maximum atomic E-state index is 13.5. The van der Waals surface area contributed by atoms with Crippen LogP contribution < -0.4 is 5.32 Å². The molecule has 0 fully saturated rings. The predicted molar refractivity (Wildman–Crippen MR) is 83.4 cm³/mol. The van der Waals surface area contributed by atoms with Crippen molar-refractivity contribution in [2.75, 3.05) is 0 Å². The molecule has 2 N–H and O–H groups in total. The summed E-state index contributed by atoms with van der Waals surface area (Å²) in [5.41, 5.74) is 2.84. The summed E-state index contributed by atoms with van der Waals surface area (Å²) in [5.74, 6) is -0.207. The summed E-state index contributed by atoms with van der Waals surface area (Å²) in [4.78, 5) is 0. The SMILES string of the molecule is C=C(CCC)C(=N)/C=C(/CC)NCc1ccccc1F. The molecule has 0 amide bonds. The molecule has 0 aliphatic heterocycles. The molecule has 0 aliphatic carbocycles. The summed E-state index contributed by atoms with van der Waals surface area (Å²) >= 11 is 0. The Kier molecular flexibility index (Phi) is 6.71. The van der Waals surface area contributed by atoms with E-state index in [0.29, 0.717) is 17.8 Å². The van der Waals surface area contributed by atoms with Crippen LogP contribution in [-0.4, -0.2) is 5.71 Å². The van der Waals surface area contributed by atoms with E-state index in [0.717, 1.165) is 30.5 Å². The van der Waals surface area contributed by atoms with Crippen LogP contribution in [0.2, 0.25) is 0 Å². The average Bonchev–Trinajstić information content (AvgIpc) is 2.44. The maximum absolute atomic E-state index is 13.5. The Morgan fingerprint density at radius 3 is 2.65 bits per heavy atom. The smallest absolute Gasteiger partial charge is 0.128 e. The first-order chi connectivity index (χ1) is 9.58. The second-order valence-electron chi connectivity index (χ2n) is 4.74. The Labute approximate surface area is 120 Å². The lowest BCUT2D eigenvalue weighted by molar-refractivity contribution is 0.599. The lowest BCUT2D eigenvalue weighted by Gasteiger charge is -2.11. The topological polar surface area (TPSA) is 35.9 Å². The van der Waals surface area contributed by atoms with Crippen LogP contribution in [0, 0.1) is 11.2 Å². The largest absolute Gasteiger partial charge is 0.384 e. The van der Waals surface area contributed by atoms with Gasteiger partial charge in [0.05, 0.1) is 5.71 Å². The Morgan fingerprint density at radius 2 is 2.05 bits per heavy atom. The Morgan fingerprint density at radius 1 is 1.35 bits per heavy atom. The average molecular weight is 274 g/mol. The summed E-state index contributed by atoms with van der Waals surface area (Å²) in [7, 11) is 0. The van der Waals surface area contributed by atoms with Gasteiger partial charge in [0, 0.05) is 17.8 Å². The van der Waals surface area contributed by atoms with Crippen molar-refractivity contribution < 1.29 is 4.39 Å². The van der Waals surface area contributed by atoms with Crippen LogP contribution >= 0.6 is 0 Å². The maximum Gasteiger partial charge on any atom is 0.128 e. The number of hydrogen-bond donors (Lipinski definition) is 2. The van der Waals surface area contributed by atoms with E-state index in [4.69, 9.17) is 5.41 Å². The molecular weight excluding hydrogens is 251 g/mol. The van der Waals surface area contributed by atoms with Gasteiger partial charge in [-0.1, -0.05) is 45.0 Å². The Hall–Kier alpha value is -1.90. The molecule has 0 aromatic heterocycles. The van der Waals surface area contributed by atoms with Crippen molar-refractivity contribution >= 4 is 5.71 Å². The molecule has 0 spiro atoms. The van der Waals surface area contributed by atoms with Crippen molar-refractivity contribution in [1.82, 2.24) is 5.32 Å². The van der Waals surface area contributed by atoms with Gasteiger partial charge in [0.1, 0.15) is 5.82 Å². The lowest BCUT2D eigenvalue weighted by atomic mass is 10.1. The predicted octanol–water partition coefficient (Wildman–Crippen LogP) is 4.59. The summed E-state index contributed by atoms with van der Waals surface area (Å²) in [6.07, 6.45) is 4.38. The van der Waals surface area contributed by atoms with Crippen LogP contribution in [-0.2, 0) is 6.54 Å². The van der Waals surface area contributed by atoms with Crippen LogP contribution in [0.3, 0.4) is 0 Å². The third-order valence-corrected chi connectivity index (χ3v) is 3.10. The van der Waals surface area contributed by atoms with Crippen molar-refractivity contribution in [3.63, 3.8) is 0 Å². The minimum absolute atomic E-state index is 0.207. The molecule has 0 saturated heterocycles. The zero-order valence-corrected chi connectivity index (χ0v) is 12.3. The van der Waals surface area contributed by atoms with Gasteiger partial charge in [0.25, 0.3) is 0 Å². The fraction of sp³-hybridized carbons (Fsp3) is 0.353. The quantitative estimate of drug-likeness (QED) is 0.668. The van der Waals surface area contributed by atoms with Crippen LogP contribution in [0.1, 0.15) is 38.7 Å². The fourth-order valence-electron chi connectivity index (χ4n) is 1.84. The zero-order chi connectivity index (χ0) is 15.0. The van der Waals surface area contributed by atoms with E-state index in [1.54, 1.807) is 18.2 Å². The third-order valence-electron chi connectivity index (χ3n) is 3.10. The van der Waals surface area contributed by atoms with Gasteiger partial charge in [0.2, 0.25) is 0 Å². The molecule has 0 heterocycles. The standard InChI is InChI=1S/C17H23FN2/c1-4-8-13(3)17(19)11-15(5-2)20-12-14-9-6-7-10-16(14)18/h6-7,9-11,19-20H,3-5,8,12H2,1-2H3/b15-11-,19-17?. The molecule has 0 atom stereocenters. The number of benzene rings is 1. The minimum atomic E-state index is -0.207. The van der Waals surface area contributed by atoms with Gasteiger partial charge in [-0.05, 0) is 30.6 Å². The van der Waals surface area contributed by atoms with Gasteiger partial charge in [-0.2, -0.15) is 0 Å². The van der Waals surface area contributed by atoms with Gasteiger partial charge in [-0.15, -0.1) is 0 Å². The Bertz CT molecular complexity index is 503. The summed E-state index contributed by atoms with van der Waals surface area (Å²) in [6, 6.07) is 6.72. The molecule has 1 aromatic rings. The monoisotopic (exact) mass is 274 g/mol. The number of halogens is 1. The normalized spacial score (nSPS) is 11.2. The highest BCUT2D eigenvalue weighted by Gasteiger charge is 2.03. The molecule has 0 unspecified atom stereocenters. The van der Waals surface area contributed by atoms with Gasteiger partial charge in [-0.25, -0.2) is 4.39 Å². The first-order valence-corrected chi connectivity index (χ1v) is 7.03. The second-order valence-corrected chi connectivity index (χ2v) is 4.74. The van der Waals surface area contributed by atoms with E-state index in [-0.39, 0.29) is 5.82 Å². The van der Waals surface area contributed by atoms with E-state index in [1.165, 1.54) is 6.07 Å². The van der Waals surface area contributed by atoms with Gasteiger partial charge in [0.15, 0.2) is 0 Å². The molecule has 1 rings (SSSR count). The third kappa shape index (κ3) is 5.00. The van der Waals surface area contributed by atoms with Crippen LogP contribution in [0.25, 0.3) is 0 Å². The highest BCUT2D eigenvalue weighted by Crippen LogP contribution is 2.10. The van der Waals surface area contributed by atoms with Crippen LogP contribution in [0.15, 0.2) is 48.2 Å². The minimum Gasteiger partial charge on any atom is -0.384 e. The second kappa shape index (κ2) is 8.31. The molecule has 20 heavy (non-hydrogen) atoms. The van der Waals surface area contributed by atoms with E-state index < -0.39 is 0 Å². The van der Waals surface area contributed by atoms with Crippen molar-refractivity contribution in [2.24, 2.45) is 0 Å². The number of allylic oxidation sites excluding steroid dienone is 3. The first kappa shape index (κ1) is 16.2. The molecule has 0 bridgehead atoms. The van der Waals surface area contributed by atoms with E-state index in [2.05, 4.69) is 18.8 Å². The van der Waals surface area contributed by atoms with Crippen molar-refractivity contribution in [1.29, 1.82) is 5.41 Å². The Balaban J connectivity index is 2.66. The van der Waals surface area contributed by atoms with Crippen molar-refractivity contribution in [3.05, 3.63) is 59.6 Å². The number of hydrogen-bond acceptors (Lipinski definition) is 2. The van der Waals surface area contributed by atoms with E-state index in [9.17, 15) is 4.39 Å². The lowest BCUT2D eigenvalue weighted by Crippen LogP contribution is -2.15. The van der Waals surface area contributed by atoms with Crippen molar-refractivity contribution in [3.8, 4) is 0 Å². The first-order valence-electron chi connectivity index (χ1n) is 7.03. The molecule has 2 nitrogen and oxygen atoms in total.